The Labute approximate surface area is 151 Å². The number of carbonyl (C=O) groups is 1. The number of ether oxygens (including phenoxy) is 1. The van der Waals surface area contributed by atoms with Crippen molar-refractivity contribution in [3.8, 4) is 0 Å². The molecular weight excluding hydrogens is 338 g/mol. The summed E-state index contributed by atoms with van der Waals surface area (Å²) in [6, 6.07) is 10.6. The SMILES string of the molecule is C[C@@H]1S[C@@]23OC4(CCCCC4)[C@@H]1C(=O)N2C(c1ccccc1)CS3. The Morgan fingerprint density at radius 2 is 1.92 bits per heavy atom. The summed E-state index contributed by atoms with van der Waals surface area (Å²) in [7, 11) is 0. The molecule has 2 bridgehead atoms. The predicted octanol–water partition coefficient (Wildman–Crippen LogP) is 4.40. The Bertz CT molecular complexity index is 661. The standard InChI is InChI=1S/C19H23NO2S2/c1-13-16-17(21)20-15(14-8-4-2-5-9-14)12-23-19(20,24-13)22-18(16)10-6-3-7-11-18/h2,4-5,8-9,13,15-16H,3,6-7,10-12H2,1H3/t13-,15?,16-,19+/m0/s1. The zero-order chi connectivity index (χ0) is 16.4. The van der Waals surface area contributed by atoms with Gasteiger partial charge in [-0.3, -0.25) is 9.69 Å². The van der Waals surface area contributed by atoms with Crippen LogP contribution >= 0.6 is 23.5 Å². The van der Waals surface area contributed by atoms with Crippen LogP contribution in [0, 0.1) is 5.92 Å². The van der Waals surface area contributed by atoms with Gasteiger partial charge in [-0.2, -0.15) is 0 Å². The second-order valence-electron chi connectivity index (χ2n) is 7.50. The van der Waals surface area contributed by atoms with Crippen LogP contribution in [0.3, 0.4) is 0 Å². The van der Waals surface area contributed by atoms with E-state index in [2.05, 4.69) is 36.1 Å². The molecule has 3 nitrogen and oxygen atoms in total. The number of thioether (sulfide) groups is 2. The number of amides is 1. The van der Waals surface area contributed by atoms with Crippen LogP contribution in [0.15, 0.2) is 30.3 Å². The molecule has 1 aliphatic carbocycles. The number of hydrogen-bond donors (Lipinski definition) is 0. The maximum Gasteiger partial charge on any atom is 0.243 e. The van der Waals surface area contributed by atoms with E-state index < -0.39 is 4.39 Å². The number of hydrogen-bond acceptors (Lipinski definition) is 4. The van der Waals surface area contributed by atoms with Gasteiger partial charge >= 0.3 is 0 Å². The van der Waals surface area contributed by atoms with Gasteiger partial charge in [0, 0.05) is 11.0 Å². The lowest BCUT2D eigenvalue weighted by molar-refractivity contribution is -0.227. The quantitative estimate of drug-likeness (QED) is 0.741. The predicted molar refractivity (Wildman–Crippen MR) is 98.7 cm³/mol. The van der Waals surface area contributed by atoms with E-state index in [9.17, 15) is 4.79 Å². The van der Waals surface area contributed by atoms with Crippen LogP contribution in [0.25, 0.3) is 0 Å². The zero-order valence-corrected chi connectivity index (χ0v) is 15.6. The molecule has 128 valence electrons. The van der Waals surface area contributed by atoms with Crippen molar-refractivity contribution in [1.82, 2.24) is 4.90 Å². The second-order valence-corrected chi connectivity index (χ2v) is 10.5. The molecule has 5 fully saturated rings. The van der Waals surface area contributed by atoms with E-state index in [1.807, 2.05) is 29.6 Å². The molecule has 4 atom stereocenters. The molecule has 2 spiro atoms. The average Bonchev–Trinajstić information content (AvgIpc) is 2.95. The van der Waals surface area contributed by atoms with Gasteiger partial charge in [0.15, 0.2) is 0 Å². The van der Waals surface area contributed by atoms with Crippen molar-refractivity contribution in [3.05, 3.63) is 35.9 Å². The maximum atomic E-state index is 13.6. The number of benzene rings is 1. The third kappa shape index (κ3) is 2.01. The fourth-order valence-electron chi connectivity index (χ4n) is 5.11. The molecule has 1 aromatic rings. The average molecular weight is 362 g/mol. The molecule has 0 N–H and O–H groups in total. The summed E-state index contributed by atoms with van der Waals surface area (Å²) in [5.41, 5.74) is 1.03. The lowest BCUT2D eigenvalue weighted by Crippen LogP contribution is -2.70. The highest BCUT2D eigenvalue weighted by molar-refractivity contribution is 8.18. The van der Waals surface area contributed by atoms with Gasteiger partial charge in [0.25, 0.3) is 0 Å². The number of nitrogens with zero attached hydrogens (tertiary/aromatic N) is 1. The van der Waals surface area contributed by atoms with E-state index in [1.165, 1.54) is 24.8 Å². The minimum atomic E-state index is -0.497. The van der Waals surface area contributed by atoms with E-state index >= 15 is 0 Å². The first-order chi connectivity index (χ1) is 11.7. The molecular formula is C19H23NO2S2. The maximum absolute atomic E-state index is 13.6. The molecule has 1 aromatic carbocycles. The number of fused-ring (bicyclic) bond motifs is 1. The first-order valence-corrected chi connectivity index (χ1v) is 10.9. The molecule has 5 heteroatoms. The summed E-state index contributed by atoms with van der Waals surface area (Å²) in [5.74, 6) is 1.29. The molecule has 1 amide bonds. The van der Waals surface area contributed by atoms with Crippen LogP contribution in [-0.2, 0) is 9.53 Å². The molecule has 5 aliphatic rings. The number of rotatable bonds is 1. The molecule has 4 aliphatic heterocycles. The molecule has 1 saturated carbocycles. The highest BCUT2D eigenvalue weighted by Gasteiger charge is 2.70. The Hall–Kier alpha value is -0.650. The van der Waals surface area contributed by atoms with Gasteiger partial charge < -0.3 is 4.74 Å². The summed E-state index contributed by atoms with van der Waals surface area (Å²) in [4.78, 5) is 15.6. The van der Waals surface area contributed by atoms with E-state index in [-0.39, 0.29) is 17.6 Å². The zero-order valence-electron chi connectivity index (χ0n) is 13.9. The second kappa shape index (κ2) is 5.42. The molecule has 24 heavy (non-hydrogen) atoms. The highest BCUT2D eigenvalue weighted by atomic mass is 32.2. The van der Waals surface area contributed by atoms with Crippen molar-refractivity contribution in [2.24, 2.45) is 5.92 Å². The third-order valence-electron chi connectivity index (χ3n) is 6.12. The third-order valence-corrected chi connectivity index (χ3v) is 9.11. The van der Waals surface area contributed by atoms with Gasteiger partial charge in [0.05, 0.1) is 17.6 Å². The molecule has 1 unspecified atom stereocenters. The smallest absolute Gasteiger partial charge is 0.243 e. The molecule has 6 rings (SSSR count). The summed E-state index contributed by atoms with van der Waals surface area (Å²) in [5, 5.41) is 0.350. The lowest BCUT2D eigenvalue weighted by Gasteiger charge is -2.61. The van der Waals surface area contributed by atoms with Crippen molar-refractivity contribution in [1.29, 1.82) is 0 Å². The van der Waals surface area contributed by atoms with Crippen LogP contribution < -0.4 is 0 Å². The summed E-state index contributed by atoms with van der Waals surface area (Å²) in [6.07, 6.45) is 5.79. The van der Waals surface area contributed by atoms with E-state index in [0.717, 1.165) is 18.6 Å². The topological polar surface area (TPSA) is 29.5 Å². The molecule has 4 saturated heterocycles. The Morgan fingerprint density at radius 3 is 2.67 bits per heavy atom. The van der Waals surface area contributed by atoms with Crippen LogP contribution in [-0.4, -0.2) is 31.8 Å². The monoisotopic (exact) mass is 361 g/mol. The largest absolute Gasteiger partial charge is 0.330 e. The van der Waals surface area contributed by atoms with Crippen molar-refractivity contribution in [2.45, 2.75) is 60.3 Å². The van der Waals surface area contributed by atoms with Gasteiger partial charge in [-0.1, -0.05) is 80.0 Å². The van der Waals surface area contributed by atoms with Gasteiger partial charge in [0.1, 0.15) is 0 Å². The van der Waals surface area contributed by atoms with Crippen molar-refractivity contribution in [2.75, 3.05) is 5.75 Å². The van der Waals surface area contributed by atoms with Gasteiger partial charge in [-0.25, -0.2) is 0 Å². The van der Waals surface area contributed by atoms with Gasteiger partial charge in [-0.05, 0) is 18.4 Å². The number of carbonyl (C=O) groups excluding carboxylic acids is 1. The van der Waals surface area contributed by atoms with Crippen molar-refractivity contribution < 1.29 is 9.53 Å². The fraction of sp³-hybridized carbons (Fsp3) is 0.632. The Morgan fingerprint density at radius 1 is 1.17 bits per heavy atom. The van der Waals surface area contributed by atoms with Crippen molar-refractivity contribution >= 4 is 29.4 Å². The van der Waals surface area contributed by atoms with Crippen LogP contribution in [0.5, 0.6) is 0 Å². The Kier molecular flexibility index (Phi) is 3.52. The minimum Gasteiger partial charge on any atom is -0.330 e. The fourth-order valence-corrected chi connectivity index (χ4v) is 8.85. The lowest BCUT2D eigenvalue weighted by atomic mass is 9.72. The first kappa shape index (κ1) is 15.6. The van der Waals surface area contributed by atoms with E-state index in [4.69, 9.17) is 4.74 Å². The van der Waals surface area contributed by atoms with Gasteiger partial charge in [0.2, 0.25) is 10.3 Å². The molecule has 0 aromatic heterocycles. The highest BCUT2D eigenvalue weighted by Crippen LogP contribution is 2.67. The first-order valence-electron chi connectivity index (χ1n) is 9.05. The minimum absolute atomic E-state index is 0.0228. The van der Waals surface area contributed by atoms with Crippen LogP contribution in [0.1, 0.15) is 50.6 Å². The van der Waals surface area contributed by atoms with Crippen molar-refractivity contribution in [3.63, 3.8) is 0 Å². The Balaban J connectivity index is 1.56. The van der Waals surface area contributed by atoms with Crippen LogP contribution in [0.4, 0.5) is 0 Å². The normalized spacial score (nSPS) is 40.1. The summed E-state index contributed by atoms with van der Waals surface area (Å²) in [6.45, 7) is 2.24. The van der Waals surface area contributed by atoms with E-state index in [0.29, 0.717) is 11.2 Å². The molecule has 0 radical (unpaired) electrons. The van der Waals surface area contributed by atoms with Gasteiger partial charge in [-0.15, -0.1) is 0 Å². The summed E-state index contributed by atoms with van der Waals surface area (Å²) < 4.78 is 6.35. The molecule has 4 heterocycles. The van der Waals surface area contributed by atoms with Crippen LogP contribution in [0.2, 0.25) is 0 Å². The van der Waals surface area contributed by atoms with E-state index in [1.54, 1.807) is 0 Å². The summed E-state index contributed by atoms with van der Waals surface area (Å²) >= 11 is 3.71.